The van der Waals surface area contributed by atoms with Gasteiger partial charge in [-0.1, -0.05) is 18.2 Å². The number of nitrogens with one attached hydrogen (secondary N) is 2. The number of para-hydroxylation sites is 1. The third-order valence-electron chi connectivity index (χ3n) is 3.70. The van der Waals surface area contributed by atoms with Crippen LogP contribution in [0.3, 0.4) is 0 Å². The molecule has 1 aromatic heterocycles. The highest BCUT2D eigenvalue weighted by molar-refractivity contribution is 5.77. The number of furan rings is 1. The van der Waals surface area contributed by atoms with Crippen molar-refractivity contribution in [2.45, 2.75) is 31.8 Å². The first-order valence-electron chi connectivity index (χ1n) is 6.78. The number of benzene rings is 1. The van der Waals surface area contributed by atoms with E-state index in [-0.39, 0.29) is 6.04 Å². The Balaban J connectivity index is 1.65. The molecule has 3 nitrogen and oxygen atoms in total. The zero-order valence-corrected chi connectivity index (χ0v) is 10.8. The quantitative estimate of drug-likeness (QED) is 0.868. The third kappa shape index (κ3) is 2.42. The lowest BCUT2D eigenvalue weighted by atomic mass is 10.2. The Morgan fingerprint density at radius 2 is 2.33 bits per heavy atom. The van der Waals surface area contributed by atoms with Gasteiger partial charge in [0, 0.05) is 18.0 Å². The molecule has 1 aliphatic rings. The predicted octanol–water partition coefficient (Wildman–Crippen LogP) is 2.84. The summed E-state index contributed by atoms with van der Waals surface area (Å²) in [5.74, 6) is 1.02. The molecule has 2 N–H and O–H groups in total. The molecule has 0 aliphatic carbocycles. The Hall–Kier alpha value is -1.32. The highest BCUT2D eigenvalue weighted by atomic mass is 16.3. The van der Waals surface area contributed by atoms with Gasteiger partial charge in [-0.3, -0.25) is 0 Å². The van der Waals surface area contributed by atoms with E-state index in [4.69, 9.17) is 4.42 Å². The van der Waals surface area contributed by atoms with E-state index in [1.54, 1.807) is 0 Å². The van der Waals surface area contributed by atoms with Crippen LogP contribution in [0.2, 0.25) is 0 Å². The molecule has 1 saturated heterocycles. The fraction of sp³-hybridized carbons (Fsp3) is 0.467. The number of hydrogen-bond donors (Lipinski definition) is 2. The van der Waals surface area contributed by atoms with Crippen molar-refractivity contribution in [3.63, 3.8) is 0 Å². The van der Waals surface area contributed by atoms with Crippen molar-refractivity contribution in [3.8, 4) is 0 Å². The van der Waals surface area contributed by atoms with Crippen LogP contribution >= 0.6 is 0 Å². The van der Waals surface area contributed by atoms with Crippen LogP contribution < -0.4 is 10.6 Å². The van der Waals surface area contributed by atoms with Gasteiger partial charge in [0.15, 0.2) is 0 Å². The van der Waals surface area contributed by atoms with Crippen molar-refractivity contribution in [1.29, 1.82) is 0 Å². The van der Waals surface area contributed by atoms with E-state index in [0.717, 1.165) is 24.4 Å². The molecule has 1 aromatic carbocycles. The second-order valence-corrected chi connectivity index (χ2v) is 5.11. The first-order chi connectivity index (χ1) is 8.83. The summed E-state index contributed by atoms with van der Waals surface area (Å²) < 4.78 is 5.86. The number of fused-ring (bicyclic) bond motifs is 1. The summed E-state index contributed by atoms with van der Waals surface area (Å²) in [6.07, 6.45) is 2.57. The Morgan fingerprint density at radius 1 is 1.44 bits per heavy atom. The van der Waals surface area contributed by atoms with Gasteiger partial charge in [-0.05, 0) is 38.4 Å². The maximum Gasteiger partial charge on any atom is 0.134 e. The van der Waals surface area contributed by atoms with Crippen molar-refractivity contribution in [1.82, 2.24) is 10.6 Å². The van der Waals surface area contributed by atoms with Gasteiger partial charge >= 0.3 is 0 Å². The summed E-state index contributed by atoms with van der Waals surface area (Å²) >= 11 is 0. The van der Waals surface area contributed by atoms with E-state index < -0.39 is 0 Å². The standard InChI is InChI=1S/C15H20N2O/c1-11(17-10-13-6-4-8-16-13)15-9-12-5-2-3-7-14(12)18-15/h2-3,5,7,9,11,13,16-17H,4,6,8,10H2,1H3. The molecule has 0 saturated carbocycles. The van der Waals surface area contributed by atoms with Gasteiger partial charge in [-0.15, -0.1) is 0 Å². The number of hydrogen-bond acceptors (Lipinski definition) is 3. The maximum atomic E-state index is 5.86. The summed E-state index contributed by atoms with van der Waals surface area (Å²) in [5.41, 5.74) is 0.972. The lowest BCUT2D eigenvalue weighted by molar-refractivity contribution is 0.426. The zero-order valence-electron chi connectivity index (χ0n) is 10.8. The lowest BCUT2D eigenvalue weighted by Gasteiger charge is -2.15. The SMILES string of the molecule is CC(NCC1CCCN1)c1cc2ccccc2o1. The van der Waals surface area contributed by atoms with Crippen molar-refractivity contribution in [2.24, 2.45) is 0 Å². The molecule has 1 fully saturated rings. The number of rotatable bonds is 4. The van der Waals surface area contributed by atoms with Gasteiger partial charge < -0.3 is 15.1 Å². The monoisotopic (exact) mass is 244 g/mol. The molecule has 1 aliphatic heterocycles. The van der Waals surface area contributed by atoms with Gasteiger partial charge in [0.2, 0.25) is 0 Å². The Morgan fingerprint density at radius 3 is 3.11 bits per heavy atom. The molecule has 0 spiro atoms. The molecule has 96 valence electrons. The van der Waals surface area contributed by atoms with E-state index in [9.17, 15) is 0 Å². The van der Waals surface area contributed by atoms with Crippen LogP contribution in [0.5, 0.6) is 0 Å². The average Bonchev–Trinajstić information content (AvgIpc) is 3.04. The van der Waals surface area contributed by atoms with E-state index in [1.165, 1.54) is 18.2 Å². The maximum absolute atomic E-state index is 5.86. The fourth-order valence-electron chi connectivity index (χ4n) is 2.57. The Labute approximate surface area is 108 Å². The fourth-order valence-corrected chi connectivity index (χ4v) is 2.57. The Bertz CT molecular complexity index is 481. The molecular formula is C15H20N2O. The second-order valence-electron chi connectivity index (χ2n) is 5.11. The van der Waals surface area contributed by atoms with Crippen LogP contribution in [0.15, 0.2) is 34.7 Å². The van der Waals surface area contributed by atoms with E-state index in [2.05, 4.69) is 29.7 Å². The van der Waals surface area contributed by atoms with Crippen LogP contribution in [0, 0.1) is 0 Å². The minimum atomic E-state index is 0.264. The van der Waals surface area contributed by atoms with Gasteiger partial charge in [-0.2, -0.15) is 0 Å². The summed E-state index contributed by atoms with van der Waals surface area (Å²) in [4.78, 5) is 0. The molecular weight excluding hydrogens is 224 g/mol. The van der Waals surface area contributed by atoms with Crippen LogP contribution in [-0.2, 0) is 0 Å². The van der Waals surface area contributed by atoms with Crippen molar-refractivity contribution < 1.29 is 4.42 Å². The topological polar surface area (TPSA) is 37.2 Å². The summed E-state index contributed by atoms with van der Waals surface area (Å²) in [7, 11) is 0. The summed E-state index contributed by atoms with van der Waals surface area (Å²) in [6.45, 7) is 4.33. The highest BCUT2D eigenvalue weighted by Crippen LogP contribution is 2.23. The van der Waals surface area contributed by atoms with Crippen molar-refractivity contribution in [3.05, 3.63) is 36.1 Å². The molecule has 0 radical (unpaired) electrons. The summed E-state index contributed by atoms with van der Waals surface area (Å²) in [6, 6.07) is 11.2. The summed E-state index contributed by atoms with van der Waals surface area (Å²) in [5, 5.41) is 8.22. The predicted molar refractivity (Wildman–Crippen MR) is 73.7 cm³/mol. The molecule has 3 heteroatoms. The normalized spacial score (nSPS) is 21.5. The molecule has 2 unspecified atom stereocenters. The van der Waals surface area contributed by atoms with Gasteiger partial charge in [0.05, 0.1) is 6.04 Å². The van der Waals surface area contributed by atoms with Crippen LogP contribution in [0.1, 0.15) is 31.6 Å². The van der Waals surface area contributed by atoms with E-state index in [1.807, 2.05) is 18.2 Å². The lowest BCUT2D eigenvalue weighted by Crippen LogP contribution is -2.35. The van der Waals surface area contributed by atoms with Crippen LogP contribution in [0.4, 0.5) is 0 Å². The second kappa shape index (κ2) is 5.12. The van der Waals surface area contributed by atoms with Crippen LogP contribution in [0.25, 0.3) is 11.0 Å². The molecule has 2 aromatic rings. The zero-order chi connectivity index (χ0) is 12.4. The average molecular weight is 244 g/mol. The van der Waals surface area contributed by atoms with E-state index in [0.29, 0.717) is 6.04 Å². The molecule has 0 amide bonds. The largest absolute Gasteiger partial charge is 0.459 e. The first kappa shape index (κ1) is 11.8. The van der Waals surface area contributed by atoms with Gasteiger partial charge in [-0.25, -0.2) is 0 Å². The molecule has 3 rings (SSSR count). The van der Waals surface area contributed by atoms with Crippen LogP contribution in [-0.4, -0.2) is 19.1 Å². The highest BCUT2D eigenvalue weighted by Gasteiger charge is 2.16. The molecule has 2 atom stereocenters. The third-order valence-corrected chi connectivity index (χ3v) is 3.70. The van der Waals surface area contributed by atoms with Gasteiger partial charge in [0.25, 0.3) is 0 Å². The molecule has 0 bridgehead atoms. The van der Waals surface area contributed by atoms with Crippen molar-refractivity contribution >= 4 is 11.0 Å². The molecule has 2 heterocycles. The Kier molecular flexibility index (Phi) is 3.35. The van der Waals surface area contributed by atoms with E-state index >= 15 is 0 Å². The smallest absolute Gasteiger partial charge is 0.134 e. The minimum Gasteiger partial charge on any atom is -0.459 e. The van der Waals surface area contributed by atoms with Gasteiger partial charge in [0.1, 0.15) is 11.3 Å². The first-order valence-corrected chi connectivity index (χ1v) is 6.78. The molecule has 18 heavy (non-hydrogen) atoms. The minimum absolute atomic E-state index is 0.264. The van der Waals surface area contributed by atoms with Crippen molar-refractivity contribution in [2.75, 3.05) is 13.1 Å².